The molecule has 1 aromatic carbocycles. The van der Waals surface area contributed by atoms with Crippen LogP contribution in [0.3, 0.4) is 0 Å². The predicted molar refractivity (Wildman–Crippen MR) is 68.9 cm³/mol. The molecule has 2 amide bonds. The number of hydrogen-bond donors (Lipinski definition) is 2. The van der Waals surface area contributed by atoms with Gasteiger partial charge in [-0.1, -0.05) is 0 Å². The van der Waals surface area contributed by atoms with E-state index in [0.29, 0.717) is 12.1 Å². The van der Waals surface area contributed by atoms with Crippen LogP contribution in [0.25, 0.3) is 0 Å². The first-order valence-corrected chi connectivity index (χ1v) is 6.07. The van der Waals surface area contributed by atoms with Gasteiger partial charge < -0.3 is 15.3 Å². The fourth-order valence-electron chi connectivity index (χ4n) is 1.64. The summed E-state index contributed by atoms with van der Waals surface area (Å²) in [6, 6.07) is 0.176. The van der Waals surface area contributed by atoms with Crippen molar-refractivity contribution in [2.45, 2.75) is 26.4 Å². The minimum absolute atomic E-state index is 0.0141. The first kappa shape index (κ1) is 16.3. The molecule has 0 bridgehead atoms. The molecule has 0 spiro atoms. The molecular weight excluding hydrogens is 273 g/mol. The summed E-state index contributed by atoms with van der Waals surface area (Å²) in [5, 5.41) is 11.7. The number of nitrogens with one attached hydrogen (secondary N) is 1. The van der Waals surface area contributed by atoms with Crippen LogP contribution < -0.4 is 5.32 Å². The lowest BCUT2D eigenvalue weighted by atomic mass is 10.1. The Bertz CT molecular complexity index is 478. The molecule has 2 N–H and O–H groups in total. The Morgan fingerprint density at radius 1 is 1.30 bits per heavy atom. The van der Waals surface area contributed by atoms with Crippen LogP contribution in [0.4, 0.5) is 23.7 Å². The average Bonchev–Trinajstić information content (AvgIpc) is 2.29. The number of carbonyl (C=O) groups excluding carboxylic acids is 1. The summed E-state index contributed by atoms with van der Waals surface area (Å²) in [4.78, 5) is 13.1. The number of urea groups is 1. The van der Waals surface area contributed by atoms with Crippen molar-refractivity contribution in [1.82, 2.24) is 4.90 Å². The number of likely N-dealkylation sites (N-methyl/N-ethyl adjacent to an activating group) is 1. The SMILES string of the molecule is CCN(CC(C)(C)O)C(=O)Nc1c(F)cc(F)cc1F. The van der Waals surface area contributed by atoms with E-state index in [1.54, 1.807) is 6.92 Å². The molecule has 0 aliphatic heterocycles. The fourth-order valence-corrected chi connectivity index (χ4v) is 1.64. The van der Waals surface area contributed by atoms with Crippen LogP contribution in [0.15, 0.2) is 12.1 Å². The predicted octanol–water partition coefficient (Wildman–Crippen LogP) is 2.73. The lowest BCUT2D eigenvalue weighted by Crippen LogP contribution is -2.44. The van der Waals surface area contributed by atoms with E-state index in [9.17, 15) is 23.1 Å². The van der Waals surface area contributed by atoms with Crippen molar-refractivity contribution in [2.75, 3.05) is 18.4 Å². The second kappa shape index (κ2) is 6.13. The Balaban J connectivity index is 2.89. The fraction of sp³-hybridized carbons (Fsp3) is 0.462. The number of rotatable bonds is 4. The number of anilines is 1. The third kappa shape index (κ3) is 4.41. The van der Waals surface area contributed by atoms with Crippen LogP contribution in [0.1, 0.15) is 20.8 Å². The summed E-state index contributed by atoms with van der Waals surface area (Å²) >= 11 is 0. The second-order valence-electron chi connectivity index (χ2n) is 5.00. The first-order chi connectivity index (χ1) is 9.14. The molecule has 0 radical (unpaired) electrons. The Morgan fingerprint density at radius 3 is 2.20 bits per heavy atom. The van der Waals surface area contributed by atoms with Gasteiger partial charge in [0.1, 0.15) is 11.5 Å². The van der Waals surface area contributed by atoms with Gasteiger partial charge in [0, 0.05) is 18.7 Å². The van der Waals surface area contributed by atoms with Gasteiger partial charge in [0.2, 0.25) is 0 Å². The normalized spacial score (nSPS) is 11.3. The maximum Gasteiger partial charge on any atom is 0.322 e. The van der Waals surface area contributed by atoms with Gasteiger partial charge in [0.05, 0.1) is 12.1 Å². The molecule has 1 rings (SSSR count). The van der Waals surface area contributed by atoms with Gasteiger partial charge in [0.25, 0.3) is 0 Å². The van der Waals surface area contributed by atoms with Gasteiger partial charge in [-0.05, 0) is 20.8 Å². The maximum atomic E-state index is 13.4. The topological polar surface area (TPSA) is 52.6 Å². The van der Waals surface area contributed by atoms with Gasteiger partial charge in [-0.3, -0.25) is 0 Å². The van der Waals surface area contributed by atoms with E-state index in [4.69, 9.17) is 0 Å². The minimum atomic E-state index is -1.20. The Kier molecular flexibility index (Phi) is 4.99. The zero-order valence-electron chi connectivity index (χ0n) is 11.5. The zero-order chi connectivity index (χ0) is 15.5. The van der Waals surface area contributed by atoms with E-state index in [-0.39, 0.29) is 13.1 Å². The largest absolute Gasteiger partial charge is 0.389 e. The van der Waals surface area contributed by atoms with Crippen LogP contribution in [0.5, 0.6) is 0 Å². The van der Waals surface area contributed by atoms with E-state index in [1.807, 2.05) is 5.32 Å². The number of carbonyl (C=O) groups is 1. The minimum Gasteiger partial charge on any atom is -0.389 e. The van der Waals surface area contributed by atoms with Crippen molar-refractivity contribution in [3.05, 3.63) is 29.6 Å². The van der Waals surface area contributed by atoms with E-state index in [2.05, 4.69) is 0 Å². The highest BCUT2D eigenvalue weighted by Gasteiger charge is 2.23. The third-order valence-electron chi connectivity index (χ3n) is 2.49. The molecule has 0 aromatic heterocycles. The number of benzene rings is 1. The summed E-state index contributed by atoms with van der Waals surface area (Å²) in [5.41, 5.74) is -1.86. The van der Waals surface area contributed by atoms with Crippen LogP contribution >= 0.6 is 0 Å². The zero-order valence-corrected chi connectivity index (χ0v) is 11.5. The Labute approximate surface area is 115 Å². The molecule has 0 fully saturated rings. The van der Waals surface area contributed by atoms with Gasteiger partial charge >= 0.3 is 6.03 Å². The average molecular weight is 290 g/mol. The van der Waals surface area contributed by atoms with E-state index >= 15 is 0 Å². The van der Waals surface area contributed by atoms with Gasteiger partial charge in [-0.25, -0.2) is 18.0 Å². The van der Waals surface area contributed by atoms with Crippen molar-refractivity contribution in [3.63, 3.8) is 0 Å². The molecule has 0 atom stereocenters. The van der Waals surface area contributed by atoms with Crippen molar-refractivity contribution < 1.29 is 23.1 Å². The second-order valence-corrected chi connectivity index (χ2v) is 5.00. The standard InChI is InChI=1S/C13H17F3N2O2/c1-4-18(7-13(2,3)20)12(19)17-11-9(15)5-8(14)6-10(11)16/h5-6,20H,4,7H2,1-3H3,(H,17,19). The lowest BCUT2D eigenvalue weighted by molar-refractivity contribution is 0.0501. The molecule has 0 unspecified atom stereocenters. The molecule has 0 saturated carbocycles. The molecule has 1 aromatic rings. The summed E-state index contributed by atoms with van der Waals surface area (Å²) in [6.45, 7) is 4.88. The monoisotopic (exact) mass is 290 g/mol. The smallest absolute Gasteiger partial charge is 0.322 e. The van der Waals surface area contributed by atoms with E-state index in [1.165, 1.54) is 18.7 Å². The van der Waals surface area contributed by atoms with Crippen LogP contribution in [-0.4, -0.2) is 34.7 Å². The summed E-state index contributed by atoms with van der Waals surface area (Å²) in [7, 11) is 0. The van der Waals surface area contributed by atoms with Crippen LogP contribution in [0, 0.1) is 17.5 Å². The number of amides is 2. The van der Waals surface area contributed by atoms with E-state index < -0.39 is 34.8 Å². The van der Waals surface area contributed by atoms with Gasteiger partial charge in [-0.2, -0.15) is 0 Å². The molecule has 0 heterocycles. The number of aliphatic hydroxyl groups is 1. The summed E-state index contributed by atoms with van der Waals surface area (Å²) in [6.07, 6.45) is 0. The molecule has 4 nitrogen and oxygen atoms in total. The quantitative estimate of drug-likeness (QED) is 0.896. The van der Waals surface area contributed by atoms with Gasteiger partial charge in [-0.15, -0.1) is 0 Å². The Hall–Kier alpha value is -1.76. The molecular formula is C13H17F3N2O2. The van der Waals surface area contributed by atoms with Crippen molar-refractivity contribution >= 4 is 11.7 Å². The van der Waals surface area contributed by atoms with Crippen molar-refractivity contribution in [3.8, 4) is 0 Å². The Morgan fingerprint density at radius 2 is 1.80 bits per heavy atom. The highest BCUT2D eigenvalue weighted by molar-refractivity contribution is 5.89. The van der Waals surface area contributed by atoms with Crippen molar-refractivity contribution in [2.24, 2.45) is 0 Å². The van der Waals surface area contributed by atoms with Crippen LogP contribution in [0.2, 0.25) is 0 Å². The maximum absolute atomic E-state index is 13.4. The molecule has 0 aliphatic rings. The highest BCUT2D eigenvalue weighted by atomic mass is 19.1. The molecule has 0 aliphatic carbocycles. The molecule has 20 heavy (non-hydrogen) atoms. The third-order valence-corrected chi connectivity index (χ3v) is 2.49. The number of nitrogens with zero attached hydrogens (tertiary/aromatic N) is 1. The summed E-state index contributed by atoms with van der Waals surface area (Å²) < 4.78 is 39.6. The summed E-state index contributed by atoms with van der Waals surface area (Å²) in [5.74, 6) is -3.47. The number of hydrogen-bond acceptors (Lipinski definition) is 2. The van der Waals surface area contributed by atoms with Crippen molar-refractivity contribution in [1.29, 1.82) is 0 Å². The lowest BCUT2D eigenvalue weighted by Gasteiger charge is -2.28. The highest BCUT2D eigenvalue weighted by Crippen LogP contribution is 2.20. The molecule has 0 saturated heterocycles. The molecule has 112 valence electrons. The first-order valence-electron chi connectivity index (χ1n) is 6.07. The van der Waals surface area contributed by atoms with E-state index in [0.717, 1.165) is 0 Å². The van der Waals surface area contributed by atoms with Crippen LogP contribution in [-0.2, 0) is 0 Å². The molecule has 7 heteroatoms. The number of halogens is 3. The van der Waals surface area contributed by atoms with Gasteiger partial charge in [0.15, 0.2) is 11.6 Å².